The number of esters is 1. The standard InChI is InChI=1S/C12H23N3O2.HI/c1-3-13-12(15-10-7-8-10)14-9-5-4-6-11(16)17-2;/h10H,3-9H2,1-2H3,(H2,13,14,15);1H. The van der Waals surface area contributed by atoms with E-state index in [9.17, 15) is 4.79 Å². The number of hydrogen-bond acceptors (Lipinski definition) is 3. The molecule has 1 rings (SSSR count). The molecule has 0 heterocycles. The molecule has 106 valence electrons. The van der Waals surface area contributed by atoms with Crippen LogP contribution in [-0.4, -0.2) is 38.2 Å². The van der Waals surface area contributed by atoms with Gasteiger partial charge in [0.05, 0.1) is 7.11 Å². The lowest BCUT2D eigenvalue weighted by Crippen LogP contribution is -2.38. The van der Waals surface area contributed by atoms with E-state index in [1.165, 1.54) is 20.0 Å². The van der Waals surface area contributed by atoms with Gasteiger partial charge in [-0.3, -0.25) is 9.79 Å². The SMILES string of the molecule is CCNC(=NCCCCC(=O)OC)NC1CC1.I. The second-order valence-corrected chi connectivity index (χ2v) is 4.21. The van der Waals surface area contributed by atoms with Gasteiger partial charge in [0.25, 0.3) is 0 Å². The zero-order chi connectivity index (χ0) is 12.5. The van der Waals surface area contributed by atoms with E-state index in [0.717, 1.165) is 31.9 Å². The Hall–Kier alpha value is -0.530. The summed E-state index contributed by atoms with van der Waals surface area (Å²) >= 11 is 0. The maximum absolute atomic E-state index is 10.9. The molecule has 0 amide bonds. The summed E-state index contributed by atoms with van der Waals surface area (Å²) in [6, 6.07) is 0.614. The lowest BCUT2D eigenvalue weighted by molar-refractivity contribution is -0.140. The monoisotopic (exact) mass is 369 g/mol. The molecule has 2 N–H and O–H groups in total. The summed E-state index contributed by atoms with van der Waals surface area (Å²) in [6.07, 6.45) is 4.72. The average Bonchev–Trinajstić information content (AvgIpc) is 3.12. The molecule has 18 heavy (non-hydrogen) atoms. The van der Waals surface area contributed by atoms with Crippen LogP contribution in [0.25, 0.3) is 0 Å². The number of aliphatic imine (C=N–C) groups is 1. The summed E-state index contributed by atoms with van der Waals surface area (Å²) in [7, 11) is 1.42. The highest BCUT2D eigenvalue weighted by atomic mass is 127. The molecule has 0 atom stereocenters. The zero-order valence-corrected chi connectivity index (χ0v) is 13.5. The Kier molecular flexibility index (Phi) is 10.1. The number of unbranched alkanes of at least 4 members (excludes halogenated alkanes) is 1. The Morgan fingerprint density at radius 1 is 1.39 bits per heavy atom. The van der Waals surface area contributed by atoms with Gasteiger partial charge in [0.15, 0.2) is 5.96 Å². The van der Waals surface area contributed by atoms with Crippen molar-refractivity contribution in [3.8, 4) is 0 Å². The topological polar surface area (TPSA) is 62.7 Å². The minimum Gasteiger partial charge on any atom is -0.469 e. The Bertz CT molecular complexity index is 268. The van der Waals surface area contributed by atoms with Gasteiger partial charge in [-0.15, -0.1) is 24.0 Å². The number of rotatable bonds is 7. The van der Waals surface area contributed by atoms with Crippen molar-refractivity contribution in [3.63, 3.8) is 0 Å². The van der Waals surface area contributed by atoms with Gasteiger partial charge >= 0.3 is 5.97 Å². The Labute approximate surface area is 126 Å². The number of halogens is 1. The second kappa shape index (κ2) is 10.4. The maximum Gasteiger partial charge on any atom is 0.305 e. The van der Waals surface area contributed by atoms with Gasteiger partial charge in [-0.25, -0.2) is 0 Å². The molecule has 0 saturated heterocycles. The minimum atomic E-state index is -0.142. The number of methoxy groups -OCH3 is 1. The maximum atomic E-state index is 10.9. The van der Waals surface area contributed by atoms with Crippen LogP contribution in [0.1, 0.15) is 39.0 Å². The van der Waals surface area contributed by atoms with Crippen LogP contribution in [0.3, 0.4) is 0 Å². The van der Waals surface area contributed by atoms with Crippen LogP contribution in [0, 0.1) is 0 Å². The molecule has 1 aliphatic rings. The highest BCUT2D eigenvalue weighted by Gasteiger charge is 2.21. The molecule has 0 radical (unpaired) electrons. The van der Waals surface area contributed by atoms with Crippen molar-refractivity contribution in [3.05, 3.63) is 0 Å². The fraction of sp³-hybridized carbons (Fsp3) is 0.833. The van der Waals surface area contributed by atoms with Crippen LogP contribution in [0.4, 0.5) is 0 Å². The first-order valence-corrected chi connectivity index (χ1v) is 6.38. The third-order valence-corrected chi connectivity index (χ3v) is 2.55. The van der Waals surface area contributed by atoms with Crippen molar-refractivity contribution in [2.45, 2.75) is 45.1 Å². The van der Waals surface area contributed by atoms with Gasteiger partial charge in [0.1, 0.15) is 0 Å². The molecule has 0 unspecified atom stereocenters. The summed E-state index contributed by atoms with van der Waals surface area (Å²) < 4.78 is 4.58. The molecule has 6 heteroatoms. The van der Waals surface area contributed by atoms with Gasteiger partial charge in [-0.1, -0.05) is 0 Å². The highest BCUT2D eigenvalue weighted by Crippen LogP contribution is 2.18. The molecular formula is C12H24IN3O2. The second-order valence-electron chi connectivity index (χ2n) is 4.21. The number of carbonyl (C=O) groups is 1. The van der Waals surface area contributed by atoms with E-state index in [1.54, 1.807) is 0 Å². The molecule has 1 fully saturated rings. The molecule has 0 bridgehead atoms. The zero-order valence-electron chi connectivity index (χ0n) is 11.2. The minimum absolute atomic E-state index is 0. The van der Waals surface area contributed by atoms with Gasteiger partial charge in [0.2, 0.25) is 0 Å². The summed E-state index contributed by atoms with van der Waals surface area (Å²) in [6.45, 7) is 3.68. The van der Waals surface area contributed by atoms with Crippen LogP contribution in [0.5, 0.6) is 0 Å². The Morgan fingerprint density at radius 3 is 2.67 bits per heavy atom. The summed E-state index contributed by atoms with van der Waals surface area (Å²) in [5.74, 6) is 0.755. The molecule has 1 aliphatic carbocycles. The van der Waals surface area contributed by atoms with E-state index in [-0.39, 0.29) is 29.9 Å². The number of guanidine groups is 1. The quantitative estimate of drug-likeness (QED) is 0.236. The summed E-state index contributed by atoms with van der Waals surface area (Å²) in [5.41, 5.74) is 0. The Balaban J connectivity index is 0.00000289. The molecule has 0 aromatic heterocycles. The van der Waals surface area contributed by atoms with Crippen LogP contribution < -0.4 is 10.6 Å². The van der Waals surface area contributed by atoms with Crippen LogP contribution in [0.2, 0.25) is 0 Å². The smallest absolute Gasteiger partial charge is 0.305 e. The van der Waals surface area contributed by atoms with Gasteiger partial charge in [0, 0.05) is 25.6 Å². The fourth-order valence-electron chi connectivity index (χ4n) is 1.42. The van der Waals surface area contributed by atoms with Crippen molar-refractivity contribution in [2.24, 2.45) is 4.99 Å². The number of nitrogens with zero attached hydrogens (tertiary/aromatic N) is 1. The fourth-order valence-corrected chi connectivity index (χ4v) is 1.42. The van der Waals surface area contributed by atoms with E-state index in [2.05, 4.69) is 27.3 Å². The first-order valence-electron chi connectivity index (χ1n) is 6.38. The summed E-state index contributed by atoms with van der Waals surface area (Å²) in [5, 5.41) is 6.56. The summed E-state index contributed by atoms with van der Waals surface area (Å²) in [4.78, 5) is 15.3. The molecular weight excluding hydrogens is 345 g/mol. The van der Waals surface area contributed by atoms with E-state index in [4.69, 9.17) is 0 Å². The normalized spacial score (nSPS) is 14.7. The lowest BCUT2D eigenvalue weighted by Gasteiger charge is -2.09. The van der Waals surface area contributed by atoms with E-state index < -0.39 is 0 Å². The highest BCUT2D eigenvalue weighted by molar-refractivity contribution is 14.0. The molecule has 1 saturated carbocycles. The first kappa shape index (κ1) is 17.5. The predicted octanol–water partition coefficient (Wildman–Crippen LogP) is 1.67. The molecule has 0 aliphatic heterocycles. The number of ether oxygens (including phenoxy) is 1. The molecule has 0 spiro atoms. The van der Waals surface area contributed by atoms with Gasteiger partial charge < -0.3 is 15.4 Å². The van der Waals surface area contributed by atoms with Crippen LogP contribution in [-0.2, 0) is 9.53 Å². The average molecular weight is 369 g/mol. The molecule has 0 aromatic rings. The number of nitrogens with one attached hydrogen (secondary N) is 2. The third kappa shape index (κ3) is 8.54. The van der Waals surface area contributed by atoms with Crippen molar-refractivity contribution in [1.82, 2.24) is 10.6 Å². The third-order valence-electron chi connectivity index (χ3n) is 2.55. The van der Waals surface area contributed by atoms with Crippen molar-refractivity contribution < 1.29 is 9.53 Å². The molecule has 5 nitrogen and oxygen atoms in total. The van der Waals surface area contributed by atoms with Gasteiger partial charge in [-0.2, -0.15) is 0 Å². The van der Waals surface area contributed by atoms with E-state index in [0.29, 0.717) is 12.5 Å². The lowest BCUT2D eigenvalue weighted by atomic mass is 10.2. The van der Waals surface area contributed by atoms with Crippen LogP contribution in [0.15, 0.2) is 4.99 Å². The van der Waals surface area contributed by atoms with Gasteiger partial charge in [-0.05, 0) is 32.6 Å². The largest absolute Gasteiger partial charge is 0.469 e. The van der Waals surface area contributed by atoms with E-state index in [1.807, 2.05) is 0 Å². The predicted molar refractivity (Wildman–Crippen MR) is 83.4 cm³/mol. The van der Waals surface area contributed by atoms with Crippen molar-refractivity contribution in [1.29, 1.82) is 0 Å². The first-order chi connectivity index (χ1) is 8.26. The van der Waals surface area contributed by atoms with Crippen molar-refractivity contribution >= 4 is 35.9 Å². The van der Waals surface area contributed by atoms with Crippen LogP contribution >= 0.6 is 24.0 Å². The van der Waals surface area contributed by atoms with E-state index >= 15 is 0 Å². The number of hydrogen-bond donors (Lipinski definition) is 2. The van der Waals surface area contributed by atoms with Crippen molar-refractivity contribution in [2.75, 3.05) is 20.2 Å². The molecule has 0 aromatic carbocycles. The number of carbonyl (C=O) groups excluding carboxylic acids is 1. The Morgan fingerprint density at radius 2 is 2.11 bits per heavy atom.